The Bertz CT molecular complexity index is 816. The predicted molar refractivity (Wildman–Crippen MR) is 98.7 cm³/mol. The molecule has 0 heterocycles. The molecule has 3 rings (SSSR count). The second-order valence-electron chi connectivity index (χ2n) is 6.24. The number of aliphatic hydroxyl groups excluding tert-OH is 1. The van der Waals surface area contributed by atoms with Crippen LogP contribution in [0.4, 0.5) is 4.39 Å². The lowest BCUT2D eigenvalue weighted by molar-refractivity contribution is 0.0216. The van der Waals surface area contributed by atoms with E-state index in [1.165, 1.54) is 12.1 Å². The largest absolute Gasteiger partial charge is 0.489 e. The van der Waals surface area contributed by atoms with Gasteiger partial charge in [-0.05, 0) is 54.4 Å². The Morgan fingerprint density at radius 1 is 0.846 bits per heavy atom. The van der Waals surface area contributed by atoms with Crippen LogP contribution < -0.4 is 9.47 Å². The van der Waals surface area contributed by atoms with Crippen molar-refractivity contribution in [3.8, 4) is 11.5 Å². The minimum absolute atomic E-state index is 0.132. The summed E-state index contributed by atoms with van der Waals surface area (Å²) in [6, 6.07) is 23.1. The average molecular weight is 352 g/mol. The van der Waals surface area contributed by atoms with Gasteiger partial charge in [0.05, 0.1) is 6.61 Å². The lowest BCUT2D eigenvalue weighted by Crippen LogP contribution is -2.33. The van der Waals surface area contributed by atoms with Gasteiger partial charge in [0.15, 0.2) is 5.60 Å². The highest BCUT2D eigenvalue weighted by Crippen LogP contribution is 2.28. The predicted octanol–water partition coefficient (Wildman–Crippen LogP) is 4.69. The van der Waals surface area contributed by atoms with Gasteiger partial charge in [-0.2, -0.15) is 0 Å². The molecule has 1 atom stereocenters. The van der Waals surface area contributed by atoms with Crippen LogP contribution in [-0.2, 0) is 12.2 Å². The first-order valence-corrected chi connectivity index (χ1v) is 8.42. The topological polar surface area (TPSA) is 38.7 Å². The summed E-state index contributed by atoms with van der Waals surface area (Å²) in [7, 11) is 0. The maximum atomic E-state index is 12.9. The first-order valence-electron chi connectivity index (χ1n) is 8.42. The van der Waals surface area contributed by atoms with Crippen LogP contribution in [0, 0.1) is 5.82 Å². The van der Waals surface area contributed by atoms with E-state index in [2.05, 4.69) is 0 Å². The van der Waals surface area contributed by atoms with Crippen molar-refractivity contribution in [3.63, 3.8) is 0 Å². The fourth-order valence-corrected chi connectivity index (χ4v) is 2.58. The van der Waals surface area contributed by atoms with E-state index in [1.54, 1.807) is 12.1 Å². The maximum Gasteiger partial charge on any atom is 0.154 e. The Morgan fingerprint density at radius 3 is 2.08 bits per heavy atom. The lowest BCUT2D eigenvalue weighted by Gasteiger charge is -2.29. The molecule has 1 unspecified atom stereocenters. The van der Waals surface area contributed by atoms with Gasteiger partial charge in [-0.25, -0.2) is 4.39 Å². The highest BCUT2D eigenvalue weighted by molar-refractivity contribution is 5.31. The molecule has 3 aromatic rings. The molecule has 4 heteroatoms. The van der Waals surface area contributed by atoms with E-state index in [4.69, 9.17) is 9.47 Å². The van der Waals surface area contributed by atoms with Gasteiger partial charge in [0.2, 0.25) is 0 Å². The van der Waals surface area contributed by atoms with Crippen LogP contribution in [0.25, 0.3) is 0 Å². The summed E-state index contributed by atoms with van der Waals surface area (Å²) >= 11 is 0. The summed E-state index contributed by atoms with van der Waals surface area (Å²) in [6.07, 6.45) is 0. The maximum absolute atomic E-state index is 12.9. The summed E-state index contributed by atoms with van der Waals surface area (Å²) in [4.78, 5) is 0. The number of ether oxygens (including phenoxy) is 2. The van der Waals surface area contributed by atoms with Crippen molar-refractivity contribution in [1.82, 2.24) is 0 Å². The molecule has 0 bridgehead atoms. The monoisotopic (exact) mass is 352 g/mol. The normalized spacial score (nSPS) is 13.0. The molecular weight excluding hydrogens is 331 g/mol. The quantitative estimate of drug-likeness (QED) is 0.670. The van der Waals surface area contributed by atoms with Crippen molar-refractivity contribution in [1.29, 1.82) is 0 Å². The third kappa shape index (κ3) is 4.41. The number of hydrogen-bond donors (Lipinski definition) is 1. The van der Waals surface area contributed by atoms with Crippen molar-refractivity contribution >= 4 is 0 Å². The molecule has 26 heavy (non-hydrogen) atoms. The van der Waals surface area contributed by atoms with Crippen LogP contribution in [0.2, 0.25) is 0 Å². The van der Waals surface area contributed by atoms with Gasteiger partial charge in [-0.3, -0.25) is 0 Å². The van der Waals surface area contributed by atoms with Gasteiger partial charge < -0.3 is 14.6 Å². The molecule has 0 aromatic heterocycles. The van der Waals surface area contributed by atoms with Crippen LogP contribution in [0.5, 0.6) is 11.5 Å². The van der Waals surface area contributed by atoms with Crippen molar-refractivity contribution in [3.05, 3.63) is 95.8 Å². The lowest BCUT2D eigenvalue weighted by atomic mass is 9.96. The van der Waals surface area contributed by atoms with Gasteiger partial charge in [0.25, 0.3) is 0 Å². The van der Waals surface area contributed by atoms with E-state index < -0.39 is 5.60 Å². The number of hydrogen-bond acceptors (Lipinski definition) is 3. The van der Waals surface area contributed by atoms with Crippen LogP contribution in [0.1, 0.15) is 18.1 Å². The standard InChI is InChI=1S/C22H21FO3/c1-22(16-24,18-5-3-2-4-6-18)26-21-11-7-17(8-12-21)15-25-20-13-9-19(23)10-14-20/h2-14,24H,15-16H2,1H3. The van der Waals surface area contributed by atoms with E-state index in [9.17, 15) is 9.50 Å². The van der Waals surface area contributed by atoms with E-state index in [0.29, 0.717) is 18.1 Å². The molecule has 0 aliphatic rings. The zero-order valence-corrected chi connectivity index (χ0v) is 14.6. The summed E-state index contributed by atoms with van der Waals surface area (Å²) in [5.41, 5.74) is 1.06. The first-order chi connectivity index (χ1) is 12.6. The Morgan fingerprint density at radius 2 is 1.46 bits per heavy atom. The van der Waals surface area contributed by atoms with Crippen molar-refractivity contribution in [2.24, 2.45) is 0 Å². The summed E-state index contributed by atoms with van der Waals surface area (Å²) < 4.78 is 24.6. The van der Waals surface area contributed by atoms with Gasteiger partial charge >= 0.3 is 0 Å². The van der Waals surface area contributed by atoms with Gasteiger partial charge in [0.1, 0.15) is 23.9 Å². The third-order valence-electron chi connectivity index (χ3n) is 4.17. The molecule has 0 radical (unpaired) electrons. The summed E-state index contributed by atoms with van der Waals surface area (Å²) in [5, 5.41) is 9.81. The molecule has 0 spiro atoms. The number of benzene rings is 3. The van der Waals surface area contributed by atoms with Crippen molar-refractivity contribution < 1.29 is 19.0 Å². The first kappa shape index (κ1) is 18.0. The molecule has 1 N–H and O–H groups in total. The van der Waals surface area contributed by atoms with E-state index >= 15 is 0 Å². The molecule has 0 amide bonds. The Kier molecular flexibility index (Phi) is 5.54. The third-order valence-corrected chi connectivity index (χ3v) is 4.17. The minimum atomic E-state index is -0.812. The van der Waals surface area contributed by atoms with Gasteiger partial charge in [0, 0.05) is 0 Å². The zero-order valence-electron chi connectivity index (χ0n) is 14.6. The van der Waals surface area contributed by atoms with Crippen LogP contribution in [0.15, 0.2) is 78.9 Å². The SMILES string of the molecule is CC(CO)(Oc1ccc(COc2ccc(F)cc2)cc1)c1ccccc1. The van der Waals surface area contributed by atoms with Crippen LogP contribution >= 0.6 is 0 Å². The van der Waals surface area contributed by atoms with E-state index in [0.717, 1.165) is 11.1 Å². The van der Waals surface area contributed by atoms with Gasteiger partial charge in [-0.15, -0.1) is 0 Å². The molecule has 0 saturated heterocycles. The number of rotatable bonds is 7. The smallest absolute Gasteiger partial charge is 0.154 e. The zero-order chi connectivity index (χ0) is 18.4. The molecule has 0 aliphatic carbocycles. The number of aliphatic hydroxyl groups is 1. The number of halogens is 1. The molecule has 0 aliphatic heterocycles. The fourth-order valence-electron chi connectivity index (χ4n) is 2.58. The molecule has 3 nitrogen and oxygen atoms in total. The minimum Gasteiger partial charge on any atom is -0.489 e. The Balaban J connectivity index is 1.64. The fraction of sp³-hybridized carbons (Fsp3) is 0.182. The molecule has 134 valence electrons. The second-order valence-corrected chi connectivity index (χ2v) is 6.24. The van der Waals surface area contributed by atoms with Gasteiger partial charge in [-0.1, -0.05) is 42.5 Å². The summed E-state index contributed by atoms with van der Waals surface area (Å²) in [5.74, 6) is 0.990. The highest BCUT2D eigenvalue weighted by atomic mass is 19.1. The van der Waals surface area contributed by atoms with E-state index in [-0.39, 0.29) is 12.4 Å². The Hall–Kier alpha value is -2.85. The highest BCUT2D eigenvalue weighted by Gasteiger charge is 2.27. The van der Waals surface area contributed by atoms with Crippen LogP contribution in [-0.4, -0.2) is 11.7 Å². The molecular formula is C22H21FO3. The molecule has 3 aromatic carbocycles. The Labute approximate surface area is 152 Å². The van der Waals surface area contributed by atoms with E-state index in [1.807, 2.05) is 61.5 Å². The average Bonchev–Trinajstić information content (AvgIpc) is 2.69. The van der Waals surface area contributed by atoms with Crippen molar-refractivity contribution in [2.45, 2.75) is 19.1 Å². The summed E-state index contributed by atoms with van der Waals surface area (Å²) in [6.45, 7) is 2.10. The molecule has 0 fully saturated rings. The van der Waals surface area contributed by atoms with Crippen molar-refractivity contribution in [2.75, 3.05) is 6.61 Å². The molecule has 0 saturated carbocycles. The second kappa shape index (κ2) is 8.02. The van der Waals surface area contributed by atoms with Crippen LogP contribution in [0.3, 0.4) is 0 Å².